The minimum atomic E-state index is -4.23. The van der Waals surface area contributed by atoms with Gasteiger partial charge in [0, 0.05) is 22.8 Å². The Morgan fingerprint density at radius 2 is 1.81 bits per heavy atom. The standard InChI is InChI=1S/C14H12ClNO4S/c1-21(19,20)14(8-16,12(17)9-2-3-9)13(18)10-4-6-11(15)7-5-10/h4-7,9H,2-3H2,1H3. The van der Waals surface area contributed by atoms with E-state index >= 15 is 0 Å². The summed E-state index contributed by atoms with van der Waals surface area (Å²) >= 11 is 5.72. The summed E-state index contributed by atoms with van der Waals surface area (Å²) in [5.41, 5.74) is -0.0274. The molecule has 0 N–H and O–H groups in total. The Labute approximate surface area is 127 Å². The number of hydrogen-bond donors (Lipinski definition) is 0. The van der Waals surface area contributed by atoms with E-state index in [2.05, 4.69) is 0 Å². The number of rotatable bonds is 5. The van der Waals surface area contributed by atoms with Crippen molar-refractivity contribution >= 4 is 33.0 Å². The van der Waals surface area contributed by atoms with E-state index in [1.807, 2.05) is 0 Å². The topological polar surface area (TPSA) is 92.1 Å². The van der Waals surface area contributed by atoms with E-state index in [4.69, 9.17) is 11.6 Å². The molecule has 1 atom stereocenters. The first-order valence-electron chi connectivity index (χ1n) is 6.19. The minimum Gasteiger partial charge on any atom is -0.296 e. The number of ketones is 2. The number of carbonyl (C=O) groups is 2. The zero-order chi connectivity index (χ0) is 15.8. The molecule has 0 aromatic heterocycles. The molecule has 1 aliphatic carbocycles. The van der Waals surface area contributed by atoms with Crippen LogP contribution in [-0.2, 0) is 14.6 Å². The van der Waals surface area contributed by atoms with Crippen molar-refractivity contribution in [1.29, 1.82) is 5.26 Å². The van der Waals surface area contributed by atoms with Crippen LogP contribution in [0.5, 0.6) is 0 Å². The average Bonchev–Trinajstić information content (AvgIpc) is 3.23. The first-order chi connectivity index (χ1) is 9.74. The Kier molecular flexibility index (Phi) is 3.91. The second kappa shape index (κ2) is 5.24. The highest BCUT2D eigenvalue weighted by Crippen LogP contribution is 2.38. The van der Waals surface area contributed by atoms with Crippen LogP contribution in [0.3, 0.4) is 0 Å². The average molecular weight is 326 g/mol. The smallest absolute Gasteiger partial charge is 0.277 e. The molecule has 0 saturated heterocycles. The highest BCUT2D eigenvalue weighted by Gasteiger charge is 2.59. The number of Topliss-reactive ketones (excluding diaryl/α,β-unsaturated/α-hetero) is 2. The lowest BCUT2D eigenvalue weighted by atomic mass is 9.91. The Morgan fingerprint density at radius 3 is 2.19 bits per heavy atom. The van der Waals surface area contributed by atoms with Gasteiger partial charge in [0.15, 0.2) is 15.6 Å². The molecule has 0 spiro atoms. The van der Waals surface area contributed by atoms with Gasteiger partial charge < -0.3 is 0 Å². The summed E-state index contributed by atoms with van der Waals surface area (Å²) < 4.78 is 21.4. The number of carbonyl (C=O) groups excluding carboxylic acids is 2. The maximum atomic E-state index is 12.6. The Morgan fingerprint density at radius 1 is 1.29 bits per heavy atom. The van der Waals surface area contributed by atoms with Crippen LogP contribution in [0.1, 0.15) is 23.2 Å². The molecule has 1 aromatic carbocycles. The van der Waals surface area contributed by atoms with Gasteiger partial charge in [0.1, 0.15) is 6.07 Å². The first-order valence-corrected chi connectivity index (χ1v) is 8.46. The molecule has 0 heterocycles. The molecule has 2 rings (SSSR count). The fraction of sp³-hybridized carbons (Fsp3) is 0.357. The Hall–Kier alpha value is -1.71. The summed E-state index contributed by atoms with van der Waals surface area (Å²) in [4.78, 5) is 24.9. The van der Waals surface area contributed by atoms with E-state index in [1.54, 1.807) is 0 Å². The third-order valence-corrected chi connectivity index (χ3v) is 5.28. The Bertz CT molecular complexity index is 744. The van der Waals surface area contributed by atoms with E-state index in [0.717, 1.165) is 6.26 Å². The summed E-state index contributed by atoms with van der Waals surface area (Å²) in [7, 11) is -4.23. The maximum absolute atomic E-state index is 12.6. The molecule has 1 fully saturated rings. The van der Waals surface area contributed by atoms with Crippen LogP contribution in [-0.4, -0.2) is 31.0 Å². The second-order valence-electron chi connectivity index (χ2n) is 5.04. The number of sulfone groups is 1. The molecule has 110 valence electrons. The molecule has 1 aliphatic rings. The van der Waals surface area contributed by atoms with Gasteiger partial charge in [-0.3, -0.25) is 9.59 Å². The SMILES string of the molecule is CS(=O)(=O)C(C#N)(C(=O)c1ccc(Cl)cc1)C(=O)C1CC1. The fourth-order valence-corrected chi connectivity index (χ4v) is 3.37. The van der Waals surface area contributed by atoms with Crippen molar-refractivity contribution in [1.82, 2.24) is 0 Å². The van der Waals surface area contributed by atoms with E-state index in [0.29, 0.717) is 17.9 Å². The molecule has 0 radical (unpaired) electrons. The van der Waals surface area contributed by atoms with Crippen LogP contribution in [0, 0.1) is 17.2 Å². The molecule has 1 aromatic rings. The molecular formula is C14H12ClNO4S. The zero-order valence-electron chi connectivity index (χ0n) is 11.2. The molecule has 0 aliphatic heterocycles. The van der Waals surface area contributed by atoms with Gasteiger partial charge in [-0.05, 0) is 37.1 Å². The summed E-state index contributed by atoms with van der Waals surface area (Å²) in [6.45, 7) is 0. The van der Waals surface area contributed by atoms with Gasteiger partial charge in [-0.15, -0.1) is 0 Å². The van der Waals surface area contributed by atoms with Crippen LogP contribution < -0.4 is 0 Å². The third-order valence-electron chi connectivity index (χ3n) is 3.43. The van der Waals surface area contributed by atoms with Crippen molar-refractivity contribution in [2.45, 2.75) is 17.6 Å². The number of halogens is 1. The highest BCUT2D eigenvalue weighted by atomic mass is 35.5. The van der Waals surface area contributed by atoms with Crippen LogP contribution in [0.25, 0.3) is 0 Å². The van der Waals surface area contributed by atoms with Gasteiger partial charge in [-0.2, -0.15) is 5.26 Å². The summed E-state index contributed by atoms with van der Waals surface area (Å²) in [5.74, 6) is -2.37. The van der Waals surface area contributed by atoms with Crippen LogP contribution in [0.2, 0.25) is 5.02 Å². The summed E-state index contributed by atoms with van der Waals surface area (Å²) in [6, 6.07) is 6.89. The maximum Gasteiger partial charge on any atom is 0.277 e. The Balaban J connectivity index is 2.60. The molecule has 1 unspecified atom stereocenters. The monoisotopic (exact) mass is 325 g/mol. The molecule has 21 heavy (non-hydrogen) atoms. The van der Waals surface area contributed by atoms with Gasteiger partial charge in [-0.25, -0.2) is 8.42 Å². The number of hydrogen-bond acceptors (Lipinski definition) is 5. The van der Waals surface area contributed by atoms with Crippen LogP contribution in [0.15, 0.2) is 24.3 Å². The predicted molar refractivity (Wildman–Crippen MR) is 76.7 cm³/mol. The quantitative estimate of drug-likeness (QED) is 0.608. The van der Waals surface area contributed by atoms with Gasteiger partial charge >= 0.3 is 0 Å². The fourth-order valence-electron chi connectivity index (χ4n) is 2.09. The van der Waals surface area contributed by atoms with E-state index in [-0.39, 0.29) is 5.56 Å². The van der Waals surface area contributed by atoms with Crippen molar-refractivity contribution in [3.8, 4) is 6.07 Å². The zero-order valence-corrected chi connectivity index (χ0v) is 12.7. The van der Waals surface area contributed by atoms with Crippen LogP contribution in [0.4, 0.5) is 0 Å². The second-order valence-corrected chi connectivity index (χ2v) is 7.63. The summed E-state index contributed by atoms with van der Waals surface area (Å²) in [6.07, 6.45) is 1.75. The van der Waals surface area contributed by atoms with Gasteiger partial charge in [0.2, 0.25) is 5.78 Å². The highest BCUT2D eigenvalue weighted by molar-refractivity contribution is 7.94. The van der Waals surface area contributed by atoms with Crippen molar-refractivity contribution in [3.63, 3.8) is 0 Å². The van der Waals surface area contributed by atoms with E-state index in [1.165, 1.54) is 30.3 Å². The molecule has 5 nitrogen and oxygen atoms in total. The molecule has 0 bridgehead atoms. The van der Waals surface area contributed by atoms with E-state index < -0.39 is 32.1 Å². The molecular weight excluding hydrogens is 314 g/mol. The lowest BCUT2D eigenvalue weighted by Crippen LogP contribution is -2.52. The van der Waals surface area contributed by atoms with Crippen LogP contribution >= 0.6 is 11.6 Å². The minimum absolute atomic E-state index is 0.0274. The predicted octanol–water partition coefficient (Wildman–Crippen LogP) is 1.81. The van der Waals surface area contributed by atoms with Gasteiger partial charge in [0.05, 0.1) is 0 Å². The van der Waals surface area contributed by atoms with Crippen molar-refractivity contribution < 1.29 is 18.0 Å². The first kappa shape index (κ1) is 15.7. The number of nitrogens with zero attached hydrogens (tertiary/aromatic N) is 1. The summed E-state index contributed by atoms with van der Waals surface area (Å²) in [5, 5.41) is 9.71. The molecule has 1 saturated carbocycles. The lowest BCUT2D eigenvalue weighted by molar-refractivity contribution is -0.120. The van der Waals surface area contributed by atoms with Crippen molar-refractivity contribution in [3.05, 3.63) is 34.9 Å². The van der Waals surface area contributed by atoms with Crippen molar-refractivity contribution in [2.75, 3.05) is 6.26 Å². The number of nitriles is 1. The largest absolute Gasteiger partial charge is 0.296 e. The third kappa shape index (κ3) is 2.59. The molecule has 0 amide bonds. The van der Waals surface area contributed by atoms with Gasteiger partial charge in [-0.1, -0.05) is 11.6 Å². The molecule has 7 heteroatoms. The normalized spacial score (nSPS) is 17.6. The number of benzene rings is 1. The lowest BCUT2D eigenvalue weighted by Gasteiger charge is -2.21. The van der Waals surface area contributed by atoms with E-state index in [9.17, 15) is 23.3 Å². The van der Waals surface area contributed by atoms with Gasteiger partial charge in [0.25, 0.3) is 4.75 Å². The van der Waals surface area contributed by atoms with Crippen molar-refractivity contribution in [2.24, 2.45) is 5.92 Å².